The van der Waals surface area contributed by atoms with E-state index in [2.05, 4.69) is 173 Å². The molecule has 6 aromatic heterocycles. The molecular weight excluding hydrogens is 1240 g/mol. The third-order valence-corrected chi connectivity index (χ3v) is 17.7. The van der Waals surface area contributed by atoms with Crippen LogP contribution in [0.15, 0.2) is 281 Å². The second-order valence-corrected chi connectivity index (χ2v) is 28.4. The average molecular weight is 1340 g/mol. The van der Waals surface area contributed by atoms with Crippen molar-refractivity contribution in [1.82, 2.24) is 58.1 Å². The smallest absolute Gasteiger partial charge is 0.583 e. The van der Waals surface area contributed by atoms with Gasteiger partial charge in [-0.3, -0.25) is 0 Å². The van der Waals surface area contributed by atoms with Crippen molar-refractivity contribution in [2.24, 2.45) is 0 Å². The van der Waals surface area contributed by atoms with E-state index in [1.807, 2.05) is 231 Å². The van der Waals surface area contributed by atoms with Crippen LogP contribution in [0.4, 0.5) is 0 Å². The molecule has 14 nitrogen and oxygen atoms in total. The molecule has 0 bridgehead atoms. The van der Waals surface area contributed by atoms with Crippen molar-refractivity contribution < 1.29 is 44.2 Å². The van der Waals surface area contributed by atoms with E-state index in [1.54, 1.807) is 46.4 Å². The molecule has 0 aliphatic rings. The molecule has 12 rings (SSSR count). The minimum absolute atomic E-state index is 0. The molecule has 12 aromatic rings. The zero-order valence-electron chi connectivity index (χ0n) is 57.8. The van der Waals surface area contributed by atoms with Crippen LogP contribution in [0.5, 0.6) is 0 Å². The first kappa shape index (κ1) is 76.5. The van der Waals surface area contributed by atoms with Gasteiger partial charge in [0.15, 0.2) is 0 Å². The normalized spacial score (nSPS) is 12.8. The standard InChI is InChI=1S/2C23H32B2N6O.4C7H8.2Fe/c2*1-22(2,3)24(29-16-8-13-26-29,30-17-9-14-27-30)20-11-7-12-21(19-20)25(32,23(4,5)6)31-18-10-15-28-31;4*1-7-5-3-2-4-6-7;;/h2*7-19,32H,1-6H3;4*2-6H,1H3;;/q2*-2;;;;;2*+2/t2*25-;;;;;;/m10....../s1. The maximum atomic E-state index is 12.2. The topological polar surface area (TPSA) is 147 Å². The van der Waals surface area contributed by atoms with Crippen molar-refractivity contribution in [3.8, 4) is 0 Å². The van der Waals surface area contributed by atoms with E-state index in [4.69, 9.17) is 0 Å². The van der Waals surface area contributed by atoms with Crippen molar-refractivity contribution in [3.63, 3.8) is 0 Å². The van der Waals surface area contributed by atoms with Crippen molar-refractivity contribution in [3.05, 3.63) is 303 Å². The summed E-state index contributed by atoms with van der Waals surface area (Å²) in [7, 11) is 0. The van der Waals surface area contributed by atoms with E-state index in [0.29, 0.717) is 0 Å². The molecule has 0 amide bonds. The molecule has 492 valence electrons. The molecule has 20 heteroatoms. The second-order valence-electron chi connectivity index (χ2n) is 28.4. The van der Waals surface area contributed by atoms with E-state index in [-0.39, 0.29) is 44.8 Å². The molecule has 6 aromatic carbocycles. The Morgan fingerprint density at radius 2 is 0.457 bits per heavy atom. The van der Waals surface area contributed by atoms with Gasteiger partial charge in [0.1, 0.15) is 0 Å². The van der Waals surface area contributed by atoms with Crippen LogP contribution in [0.25, 0.3) is 0 Å². The number of nitrogens with zero attached hydrogens (tertiary/aromatic N) is 12. The first-order valence-electron chi connectivity index (χ1n) is 32.0. The van der Waals surface area contributed by atoms with Gasteiger partial charge in [-0.1, -0.05) is 263 Å². The van der Waals surface area contributed by atoms with Crippen LogP contribution in [0, 0.1) is 27.7 Å². The largest absolute Gasteiger partial charge is 2.00 e. The number of hydrogen-bond donors (Lipinski definition) is 2. The van der Waals surface area contributed by atoms with Gasteiger partial charge in [0.2, 0.25) is 0 Å². The Labute approximate surface area is 581 Å². The average Bonchev–Trinajstić information content (AvgIpc) is 1.21. The Balaban J connectivity index is 0.000000237. The van der Waals surface area contributed by atoms with Gasteiger partial charge >= 0.3 is 34.1 Å². The van der Waals surface area contributed by atoms with E-state index in [1.165, 1.54) is 22.3 Å². The predicted molar refractivity (Wildman–Crippen MR) is 388 cm³/mol. The van der Waals surface area contributed by atoms with E-state index in [9.17, 15) is 10.0 Å². The Bertz CT molecular complexity index is 3580. The van der Waals surface area contributed by atoms with Gasteiger partial charge in [0.25, 0.3) is 25.8 Å². The number of aromatic nitrogens is 12. The molecule has 0 spiro atoms. The Hall–Kier alpha value is -8.20. The molecule has 0 saturated carbocycles. The van der Waals surface area contributed by atoms with Gasteiger partial charge in [-0.15, -0.1) is 33.4 Å². The second kappa shape index (κ2) is 33.3. The van der Waals surface area contributed by atoms with Gasteiger partial charge in [-0.2, -0.15) is 21.9 Å². The zero-order chi connectivity index (χ0) is 66.9. The molecule has 0 fully saturated rings. The van der Waals surface area contributed by atoms with Crippen molar-refractivity contribution in [2.75, 3.05) is 0 Å². The molecule has 0 saturated heterocycles. The summed E-state index contributed by atoms with van der Waals surface area (Å²) in [5.41, 5.74) is 9.02. The summed E-state index contributed by atoms with van der Waals surface area (Å²) in [5.74, 6) is 0. The van der Waals surface area contributed by atoms with Crippen LogP contribution in [0.1, 0.15) is 105 Å². The minimum atomic E-state index is -2.20. The summed E-state index contributed by atoms with van der Waals surface area (Å²) >= 11 is 0. The molecule has 2 atom stereocenters. The molecule has 0 unspecified atom stereocenters. The summed E-state index contributed by atoms with van der Waals surface area (Å²) in [6, 6.07) is 69.0. The Kier molecular flexibility index (Phi) is 27.1. The number of aryl methyl sites for hydroxylation is 4. The fraction of sp³-hybridized carbons (Fsp3) is 0.270. The van der Waals surface area contributed by atoms with Crippen LogP contribution >= 0.6 is 0 Å². The minimum Gasteiger partial charge on any atom is -0.583 e. The zero-order valence-corrected chi connectivity index (χ0v) is 60.0. The summed E-state index contributed by atoms with van der Waals surface area (Å²) in [6.45, 7) is 29.5. The molecular formula is C74H96B4Fe2N12O2. The van der Waals surface area contributed by atoms with Gasteiger partial charge in [0, 0.05) is 37.2 Å². The van der Waals surface area contributed by atoms with E-state index >= 15 is 0 Å². The number of hydrogen-bond acceptors (Lipinski definition) is 8. The molecule has 94 heavy (non-hydrogen) atoms. The molecule has 2 N–H and O–H groups in total. The third-order valence-electron chi connectivity index (χ3n) is 17.7. The van der Waals surface area contributed by atoms with Gasteiger partial charge < -0.3 is 37.6 Å². The summed E-state index contributed by atoms with van der Waals surface area (Å²) in [5, 5.41) is 50.5. The van der Waals surface area contributed by atoms with Crippen molar-refractivity contribution in [2.45, 2.75) is 132 Å². The maximum absolute atomic E-state index is 12.2. The fourth-order valence-corrected chi connectivity index (χ4v) is 12.8. The molecule has 6 heterocycles. The third kappa shape index (κ3) is 17.4. The van der Waals surface area contributed by atoms with Gasteiger partial charge in [-0.05, 0) is 101 Å². The van der Waals surface area contributed by atoms with Gasteiger partial charge in [0.05, 0.1) is 0 Å². The molecule has 0 radical (unpaired) electrons. The van der Waals surface area contributed by atoms with E-state index < -0.39 is 36.4 Å². The van der Waals surface area contributed by atoms with Crippen molar-refractivity contribution in [1.29, 1.82) is 0 Å². The quantitative estimate of drug-likeness (QED) is 0.129. The summed E-state index contributed by atoms with van der Waals surface area (Å²) < 4.78 is 11.5. The number of benzene rings is 6. The summed E-state index contributed by atoms with van der Waals surface area (Å²) in [4.78, 5) is 0. The number of rotatable bonds is 10. The Morgan fingerprint density at radius 1 is 0.255 bits per heavy atom. The van der Waals surface area contributed by atoms with Crippen LogP contribution in [-0.2, 0) is 34.1 Å². The SMILES string of the molecule is CC(C)(C)[B-](c1cccc([B@-](O)(n2cccn2)C(C)(C)C)c1)(n1cccn1)n1cccn1.CC(C)(C)[B-](c1cccc([B@@-](O)(n2cccn2)C(C)(C)C)c1)(n1cccn1)n1cccn1.Cc1ccccc1.Cc1ccccc1.Cc1ccccc1.Cc1ccccc1.[Fe+2].[Fe+2]. The maximum Gasteiger partial charge on any atom is 2.00 e. The monoisotopic (exact) mass is 1340 g/mol. The molecule has 0 aliphatic heterocycles. The first-order chi connectivity index (χ1) is 43.6. The van der Waals surface area contributed by atoms with Crippen LogP contribution in [0.2, 0.25) is 21.3 Å². The predicted octanol–water partition coefficient (Wildman–Crippen LogP) is 13.6. The molecule has 0 aliphatic carbocycles. The van der Waals surface area contributed by atoms with Crippen LogP contribution in [0.3, 0.4) is 0 Å². The van der Waals surface area contributed by atoms with Gasteiger partial charge in [-0.25, -0.2) is 30.6 Å². The van der Waals surface area contributed by atoms with E-state index in [0.717, 1.165) is 21.9 Å². The van der Waals surface area contributed by atoms with Crippen molar-refractivity contribution >= 4 is 47.7 Å². The Morgan fingerprint density at radius 3 is 0.617 bits per heavy atom. The summed E-state index contributed by atoms with van der Waals surface area (Å²) in [6.07, 6.45) is 18.9. The van der Waals surface area contributed by atoms with Crippen LogP contribution in [-0.4, -0.2) is 94.0 Å². The first-order valence-corrected chi connectivity index (χ1v) is 32.0. The van der Waals surface area contributed by atoms with Crippen LogP contribution < -0.4 is 21.9 Å². The fourth-order valence-electron chi connectivity index (χ4n) is 12.8.